The maximum absolute atomic E-state index is 2.23. The van der Waals surface area contributed by atoms with Gasteiger partial charge in [-0.15, -0.1) is 47.0 Å². The summed E-state index contributed by atoms with van der Waals surface area (Å²) in [4.78, 5) is 0. The SMILES string of the molecule is C/C=C\SCC(CSCC(CS/C=C\C)S/C=C\C)S/C=C\C. The molecule has 0 aliphatic heterocycles. The molecule has 0 N–H and O–H groups in total. The van der Waals surface area contributed by atoms with Crippen molar-refractivity contribution < 1.29 is 0 Å². The maximum Gasteiger partial charge on any atom is 0.0273 e. The molecule has 0 saturated carbocycles. The zero-order valence-electron chi connectivity index (χ0n) is 14.6. The summed E-state index contributed by atoms with van der Waals surface area (Å²) in [5, 5.41) is 10.2. The summed E-state index contributed by atoms with van der Waals surface area (Å²) in [5.74, 6) is 4.82. The Kier molecular flexibility index (Phi) is 19.6. The van der Waals surface area contributed by atoms with Gasteiger partial charge in [0.2, 0.25) is 0 Å². The molecule has 0 nitrogen and oxygen atoms in total. The van der Waals surface area contributed by atoms with Gasteiger partial charge in [0, 0.05) is 33.5 Å². The Labute approximate surface area is 165 Å². The first kappa shape index (κ1) is 23.7. The van der Waals surface area contributed by atoms with E-state index in [-0.39, 0.29) is 0 Å². The molecule has 5 heteroatoms. The Bertz CT molecular complexity index is 326. The molecule has 0 amide bonds. The summed E-state index contributed by atoms with van der Waals surface area (Å²) < 4.78 is 0. The second kappa shape index (κ2) is 19.0. The first-order valence-electron chi connectivity index (χ1n) is 7.84. The molecule has 0 saturated heterocycles. The molecule has 0 rings (SSSR count). The second-order valence-electron chi connectivity index (χ2n) is 4.60. The van der Waals surface area contributed by atoms with Gasteiger partial charge < -0.3 is 0 Å². The van der Waals surface area contributed by atoms with Crippen LogP contribution in [0.2, 0.25) is 0 Å². The lowest BCUT2D eigenvalue weighted by molar-refractivity contribution is 1.12. The van der Waals surface area contributed by atoms with E-state index in [2.05, 4.69) is 85.4 Å². The van der Waals surface area contributed by atoms with Gasteiger partial charge in [-0.3, -0.25) is 0 Å². The van der Waals surface area contributed by atoms with Gasteiger partial charge in [0.1, 0.15) is 0 Å². The molecule has 2 unspecified atom stereocenters. The summed E-state index contributed by atoms with van der Waals surface area (Å²) >= 11 is 9.89. The highest BCUT2D eigenvalue weighted by Crippen LogP contribution is 2.26. The van der Waals surface area contributed by atoms with E-state index in [0.29, 0.717) is 10.5 Å². The van der Waals surface area contributed by atoms with E-state index in [1.165, 1.54) is 23.0 Å². The Morgan fingerprint density at radius 2 is 0.957 bits per heavy atom. The van der Waals surface area contributed by atoms with Gasteiger partial charge in [0.15, 0.2) is 0 Å². The largest absolute Gasteiger partial charge is 0.160 e. The lowest BCUT2D eigenvalue weighted by atomic mass is 10.5. The average Bonchev–Trinajstić information content (AvgIpc) is 2.56. The minimum Gasteiger partial charge on any atom is -0.160 e. The van der Waals surface area contributed by atoms with E-state index in [0.717, 1.165) is 0 Å². The minimum absolute atomic E-state index is 0.688. The van der Waals surface area contributed by atoms with Crippen LogP contribution in [0.25, 0.3) is 0 Å². The van der Waals surface area contributed by atoms with Crippen LogP contribution in [0.1, 0.15) is 27.7 Å². The highest BCUT2D eigenvalue weighted by atomic mass is 32.2. The van der Waals surface area contributed by atoms with Crippen molar-refractivity contribution in [2.24, 2.45) is 0 Å². The Morgan fingerprint density at radius 1 is 0.565 bits per heavy atom. The van der Waals surface area contributed by atoms with Gasteiger partial charge in [-0.2, -0.15) is 11.8 Å². The molecule has 0 aliphatic rings. The third-order valence-corrected chi connectivity index (χ3v) is 8.98. The monoisotopic (exact) mass is 406 g/mol. The summed E-state index contributed by atoms with van der Waals surface area (Å²) in [6.07, 6.45) is 8.52. The lowest BCUT2D eigenvalue weighted by Gasteiger charge is -2.16. The van der Waals surface area contributed by atoms with Gasteiger partial charge in [0.25, 0.3) is 0 Å². The number of hydrogen-bond acceptors (Lipinski definition) is 5. The Morgan fingerprint density at radius 3 is 1.30 bits per heavy atom. The van der Waals surface area contributed by atoms with Crippen molar-refractivity contribution in [1.82, 2.24) is 0 Å². The van der Waals surface area contributed by atoms with Gasteiger partial charge >= 0.3 is 0 Å². The van der Waals surface area contributed by atoms with Crippen LogP contribution in [-0.2, 0) is 0 Å². The van der Waals surface area contributed by atoms with Gasteiger partial charge in [-0.1, -0.05) is 24.3 Å². The van der Waals surface area contributed by atoms with Crippen LogP contribution in [0.3, 0.4) is 0 Å². The van der Waals surface area contributed by atoms with Crippen molar-refractivity contribution in [2.75, 3.05) is 23.0 Å². The maximum atomic E-state index is 2.23. The Balaban J connectivity index is 4.23. The zero-order valence-corrected chi connectivity index (χ0v) is 18.7. The fourth-order valence-electron chi connectivity index (χ4n) is 1.48. The van der Waals surface area contributed by atoms with Crippen molar-refractivity contribution >= 4 is 58.8 Å². The van der Waals surface area contributed by atoms with E-state index < -0.39 is 0 Å². The van der Waals surface area contributed by atoms with E-state index in [4.69, 9.17) is 0 Å². The van der Waals surface area contributed by atoms with Crippen molar-refractivity contribution in [1.29, 1.82) is 0 Å². The van der Waals surface area contributed by atoms with Crippen LogP contribution >= 0.6 is 58.8 Å². The zero-order chi connectivity index (χ0) is 17.2. The van der Waals surface area contributed by atoms with E-state index in [1.807, 2.05) is 47.0 Å². The normalized spacial score (nSPS) is 15.5. The van der Waals surface area contributed by atoms with Gasteiger partial charge in [-0.25, -0.2) is 0 Å². The van der Waals surface area contributed by atoms with Gasteiger partial charge in [-0.05, 0) is 49.3 Å². The van der Waals surface area contributed by atoms with Crippen molar-refractivity contribution in [2.45, 2.75) is 38.2 Å². The molecular weight excluding hydrogens is 377 g/mol. The molecule has 2 atom stereocenters. The van der Waals surface area contributed by atoms with E-state index in [1.54, 1.807) is 0 Å². The lowest BCUT2D eigenvalue weighted by Crippen LogP contribution is -2.13. The molecule has 0 aliphatic carbocycles. The molecule has 0 aromatic rings. The van der Waals surface area contributed by atoms with E-state index in [9.17, 15) is 0 Å². The van der Waals surface area contributed by atoms with Crippen LogP contribution in [0.15, 0.2) is 45.9 Å². The highest BCUT2D eigenvalue weighted by Gasteiger charge is 2.12. The predicted molar refractivity (Wildman–Crippen MR) is 124 cm³/mol. The number of thioether (sulfide) groups is 5. The first-order valence-corrected chi connectivity index (χ1v) is 13.0. The van der Waals surface area contributed by atoms with Crippen LogP contribution in [-0.4, -0.2) is 33.5 Å². The van der Waals surface area contributed by atoms with Crippen LogP contribution in [0.5, 0.6) is 0 Å². The number of rotatable bonds is 14. The topological polar surface area (TPSA) is 0 Å². The molecule has 23 heavy (non-hydrogen) atoms. The van der Waals surface area contributed by atoms with E-state index >= 15 is 0 Å². The molecule has 0 aromatic heterocycles. The average molecular weight is 407 g/mol. The minimum atomic E-state index is 0.688. The predicted octanol–water partition coefficient (Wildman–Crippen LogP) is 7.52. The summed E-state index contributed by atoms with van der Waals surface area (Å²) in [6.45, 7) is 8.36. The van der Waals surface area contributed by atoms with Crippen molar-refractivity contribution in [3.05, 3.63) is 45.9 Å². The molecular formula is C18H30S5. The number of hydrogen-bond donors (Lipinski definition) is 0. The highest BCUT2D eigenvalue weighted by molar-refractivity contribution is 8.08. The third-order valence-electron chi connectivity index (χ3n) is 2.45. The first-order chi connectivity index (χ1) is 11.3. The van der Waals surface area contributed by atoms with Gasteiger partial charge in [0.05, 0.1) is 0 Å². The molecule has 132 valence electrons. The summed E-state index contributed by atoms with van der Waals surface area (Å²) in [6, 6.07) is 0. The molecule has 0 spiro atoms. The van der Waals surface area contributed by atoms with Crippen molar-refractivity contribution in [3.63, 3.8) is 0 Å². The summed E-state index contributed by atoms with van der Waals surface area (Å²) in [7, 11) is 0. The molecule has 0 aromatic carbocycles. The van der Waals surface area contributed by atoms with Crippen molar-refractivity contribution in [3.8, 4) is 0 Å². The number of allylic oxidation sites excluding steroid dienone is 4. The molecule has 0 bridgehead atoms. The van der Waals surface area contributed by atoms with Crippen LogP contribution < -0.4 is 0 Å². The van der Waals surface area contributed by atoms with Crippen LogP contribution in [0.4, 0.5) is 0 Å². The fraction of sp³-hybridized carbons (Fsp3) is 0.556. The smallest absolute Gasteiger partial charge is 0.0273 e. The standard InChI is InChI=1S/C18H30S5/c1-5-9-19-13-17(22-11-7-3)15-21-16-18(23-12-8-4)14-20-10-6-2/h5-12,17-18H,13-16H2,1-4H3/b9-5-,10-6-,11-7-,12-8-. The quantitative estimate of drug-likeness (QED) is 0.291. The summed E-state index contributed by atoms with van der Waals surface area (Å²) in [5.41, 5.74) is 0. The molecule has 0 fully saturated rings. The molecule has 0 radical (unpaired) electrons. The second-order valence-corrected chi connectivity index (χ2v) is 9.97. The Hall–Kier alpha value is 0.710. The third kappa shape index (κ3) is 16.0. The molecule has 0 heterocycles. The fourth-order valence-corrected chi connectivity index (χ4v) is 7.01. The van der Waals surface area contributed by atoms with Crippen LogP contribution in [0, 0.1) is 0 Å².